The zero-order chi connectivity index (χ0) is 16.4. The Morgan fingerprint density at radius 1 is 1.26 bits per heavy atom. The molecule has 0 bridgehead atoms. The molecule has 1 heterocycles. The van der Waals surface area contributed by atoms with Gasteiger partial charge in [0.2, 0.25) is 5.91 Å². The van der Waals surface area contributed by atoms with E-state index in [-0.39, 0.29) is 17.9 Å². The molecule has 3 N–H and O–H groups in total. The van der Waals surface area contributed by atoms with Crippen molar-refractivity contribution >= 4 is 23.5 Å². The fraction of sp³-hybridized carbons (Fsp3) is 0.471. The van der Waals surface area contributed by atoms with E-state index in [9.17, 15) is 14.4 Å². The highest BCUT2D eigenvalue weighted by Gasteiger charge is 2.38. The van der Waals surface area contributed by atoms with Gasteiger partial charge in [-0.05, 0) is 43.4 Å². The van der Waals surface area contributed by atoms with Crippen molar-refractivity contribution in [3.05, 3.63) is 29.3 Å². The number of carbonyl (C=O) groups is 3. The average molecular weight is 315 g/mol. The molecule has 6 heteroatoms. The molecule has 1 fully saturated rings. The lowest BCUT2D eigenvalue weighted by Gasteiger charge is -2.29. The third-order valence-corrected chi connectivity index (χ3v) is 4.62. The van der Waals surface area contributed by atoms with E-state index >= 15 is 0 Å². The molecule has 122 valence electrons. The summed E-state index contributed by atoms with van der Waals surface area (Å²) in [6.45, 7) is 2.35. The normalized spacial score (nSPS) is 20.8. The van der Waals surface area contributed by atoms with Gasteiger partial charge in [-0.2, -0.15) is 0 Å². The first-order valence-corrected chi connectivity index (χ1v) is 8.14. The summed E-state index contributed by atoms with van der Waals surface area (Å²) in [6.07, 6.45) is 4.30. The van der Waals surface area contributed by atoms with Crippen LogP contribution in [-0.4, -0.2) is 24.4 Å². The molecule has 1 aromatic carbocycles. The number of benzene rings is 1. The van der Waals surface area contributed by atoms with E-state index in [0.717, 1.165) is 31.2 Å². The Labute approximate surface area is 135 Å². The van der Waals surface area contributed by atoms with Crippen LogP contribution in [-0.2, 0) is 4.79 Å². The van der Waals surface area contributed by atoms with Crippen molar-refractivity contribution in [2.75, 3.05) is 11.9 Å². The van der Waals surface area contributed by atoms with Gasteiger partial charge in [0.05, 0.1) is 5.92 Å². The molecule has 0 aromatic heterocycles. The van der Waals surface area contributed by atoms with Crippen LogP contribution in [0.15, 0.2) is 18.2 Å². The largest absolute Gasteiger partial charge is 0.338 e. The summed E-state index contributed by atoms with van der Waals surface area (Å²) in [7, 11) is 0. The Balaban J connectivity index is 1.90. The van der Waals surface area contributed by atoms with Crippen LogP contribution >= 0.6 is 0 Å². The monoisotopic (exact) mass is 315 g/mol. The molecule has 1 aromatic rings. The molecule has 23 heavy (non-hydrogen) atoms. The van der Waals surface area contributed by atoms with Gasteiger partial charge in [0.15, 0.2) is 0 Å². The number of amides is 4. The van der Waals surface area contributed by atoms with Crippen molar-refractivity contribution in [1.82, 2.24) is 10.6 Å². The van der Waals surface area contributed by atoms with Crippen LogP contribution in [0.1, 0.15) is 54.4 Å². The van der Waals surface area contributed by atoms with Gasteiger partial charge in [-0.15, -0.1) is 0 Å². The highest BCUT2D eigenvalue weighted by atomic mass is 16.2. The van der Waals surface area contributed by atoms with E-state index in [2.05, 4.69) is 16.0 Å². The minimum absolute atomic E-state index is 0.196. The molecule has 1 unspecified atom stereocenters. The van der Waals surface area contributed by atoms with Crippen LogP contribution in [0.3, 0.4) is 0 Å². The lowest BCUT2D eigenvalue weighted by atomic mass is 9.79. The standard InChI is InChI=1S/C17H21N3O3/c1-2-18-17(23)19-11-7-8-12-13(9-11)15(21)20-16(22)14(12)10-5-3-4-6-10/h7-10,14H,2-6H2,1H3,(H2,18,19,23)(H,20,21,22). The summed E-state index contributed by atoms with van der Waals surface area (Å²) >= 11 is 0. The van der Waals surface area contributed by atoms with Gasteiger partial charge in [-0.1, -0.05) is 18.9 Å². The number of anilines is 1. The second-order valence-electron chi connectivity index (χ2n) is 6.13. The van der Waals surface area contributed by atoms with E-state index in [1.807, 2.05) is 6.92 Å². The van der Waals surface area contributed by atoms with Crippen LogP contribution in [0.4, 0.5) is 10.5 Å². The number of carbonyl (C=O) groups excluding carboxylic acids is 3. The zero-order valence-corrected chi connectivity index (χ0v) is 13.1. The van der Waals surface area contributed by atoms with Crippen molar-refractivity contribution in [1.29, 1.82) is 0 Å². The molecule has 1 aliphatic carbocycles. The number of urea groups is 1. The minimum Gasteiger partial charge on any atom is -0.338 e. The summed E-state index contributed by atoms with van der Waals surface area (Å²) in [5, 5.41) is 7.80. The molecule has 1 atom stereocenters. The first kappa shape index (κ1) is 15.5. The fourth-order valence-corrected chi connectivity index (χ4v) is 3.59. The number of fused-ring (bicyclic) bond motifs is 1. The van der Waals surface area contributed by atoms with E-state index in [0.29, 0.717) is 23.7 Å². The number of hydrogen-bond donors (Lipinski definition) is 3. The summed E-state index contributed by atoms with van der Waals surface area (Å²) in [6, 6.07) is 4.89. The molecule has 0 saturated heterocycles. The van der Waals surface area contributed by atoms with Crippen LogP contribution in [0, 0.1) is 5.92 Å². The summed E-state index contributed by atoms with van der Waals surface area (Å²) < 4.78 is 0. The second-order valence-corrected chi connectivity index (χ2v) is 6.13. The molecular formula is C17H21N3O3. The molecule has 3 rings (SSSR count). The van der Waals surface area contributed by atoms with Gasteiger partial charge in [-0.25, -0.2) is 4.79 Å². The van der Waals surface area contributed by atoms with Crippen molar-refractivity contribution in [2.24, 2.45) is 5.92 Å². The molecule has 0 radical (unpaired) electrons. The zero-order valence-electron chi connectivity index (χ0n) is 13.1. The predicted molar refractivity (Wildman–Crippen MR) is 86.3 cm³/mol. The SMILES string of the molecule is CCNC(=O)Nc1ccc2c(c1)C(=O)NC(=O)C2C1CCCC1. The van der Waals surface area contributed by atoms with E-state index in [1.165, 1.54) is 0 Å². The predicted octanol–water partition coefficient (Wildman–Crippen LogP) is 2.37. The highest BCUT2D eigenvalue weighted by Crippen LogP contribution is 2.40. The van der Waals surface area contributed by atoms with Gasteiger partial charge in [-0.3, -0.25) is 14.9 Å². The maximum absolute atomic E-state index is 12.3. The lowest BCUT2D eigenvalue weighted by Crippen LogP contribution is -2.42. The van der Waals surface area contributed by atoms with Gasteiger partial charge in [0.1, 0.15) is 0 Å². The van der Waals surface area contributed by atoms with Gasteiger partial charge in [0.25, 0.3) is 5.91 Å². The van der Waals surface area contributed by atoms with Crippen molar-refractivity contribution in [3.8, 4) is 0 Å². The van der Waals surface area contributed by atoms with Gasteiger partial charge >= 0.3 is 6.03 Å². The fourth-order valence-electron chi connectivity index (χ4n) is 3.59. The Kier molecular flexibility index (Phi) is 4.32. The Morgan fingerprint density at radius 2 is 2.00 bits per heavy atom. The molecular weight excluding hydrogens is 294 g/mol. The van der Waals surface area contributed by atoms with Crippen molar-refractivity contribution in [3.63, 3.8) is 0 Å². The van der Waals surface area contributed by atoms with E-state index in [1.54, 1.807) is 18.2 Å². The van der Waals surface area contributed by atoms with Crippen molar-refractivity contribution < 1.29 is 14.4 Å². The van der Waals surface area contributed by atoms with E-state index in [4.69, 9.17) is 0 Å². The molecule has 6 nitrogen and oxygen atoms in total. The maximum Gasteiger partial charge on any atom is 0.319 e. The number of imide groups is 1. The Hall–Kier alpha value is -2.37. The first-order valence-electron chi connectivity index (χ1n) is 8.14. The van der Waals surface area contributed by atoms with Crippen molar-refractivity contribution in [2.45, 2.75) is 38.5 Å². The summed E-state index contributed by atoms with van der Waals surface area (Å²) in [5.74, 6) is -0.551. The number of hydrogen-bond acceptors (Lipinski definition) is 3. The minimum atomic E-state index is -0.390. The Bertz CT molecular complexity index is 650. The van der Waals surface area contributed by atoms with E-state index < -0.39 is 5.91 Å². The first-order chi connectivity index (χ1) is 11.1. The highest BCUT2D eigenvalue weighted by molar-refractivity contribution is 6.12. The molecule has 0 spiro atoms. The maximum atomic E-state index is 12.3. The lowest BCUT2D eigenvalue weighted by molar-refractivity contribution is -0.123. The van der Waals surface area contributed by atoms with Crippen LogP contribution < -0.4 is 16.0 Å². The summed E-state index contributed by atoms with van der Waals surface area (Å²) in [4.78, 5) is 36.1. The van der Waals surface area contributed by atoms with Gasteiger partial charge in [0, 0.05) is 17.8 Å². The smallest absolute Gasteiger partial charge is 0.319 e. The molecule has 2 aliphatic rings. The molecule has 1 aliphatic heterocycles. The van der Waals surface area contributed by atoms with Gasteiger partial charge < -0.3 is 10.6 Å². The van der Waals surface area contributed by atoms with Crippen LogP contribution in [0.2, 0.25) is 0 Å². The number of rotatable bonds is 3. The Morgan fingerprint density at radius 3 is 2.70 bits per heavy atom. The number of nitrogens with one attached hydrogen (secondary N) is 3. The second kappa shape index (κ2) is 6.40. The van der Waals surface area contributed by atoms with Crippen LogP contribution in [0.5, 0.6) is 0 Å². The topological polar surface area (TPSA) is 87.3 Å². The summed E-state index contributed by atoms with van der Waals surface area (Å²) in [5.41, 5.74) is 1.81. The molecule has 1 saturated carbocycles. The van der Waals surface area contributed by atoms with Crippen LogP contribution in [0.25, 0.3) is 0 Å². The third kappa shape index (κ3) is 3.06. The molecule has 4 amide bonds. The quantitative estimate of drug-likeness (QED) is 0.748. The third-order valence-electron chi connectivity index (χ3n) is 4.62. The average Bonchev–Trinajstić information content (AvgIpc) is 3.02.